The smallest absolute Gasteiger partial charge is 0.358 e. The summed E-state index contributed by atoms with van der Waals surface area (Å²) in [5.74, 6) is -1.56. The van der Waals surface area contributed by atoms with Crippen LogP contribution in [0.15, 0.2) is 89.3 Å². The molecule has 4 N–H and O–H groups in total. The number of ether oxygens (including phenoxy) is 8. The number of aromatic amines is 3. The predicted octanol–water partition coefficient (Wildman–Crippen LogP) is 12.5. The van der Waals surface area contributed by atoms with Crippen LogP contribution < -0.4 is 61.0 Å². The number of hydrogen-bond donors (Lipinski definition) is 4. The lowest BCUT2D eigenvalue weighted by atomic mass is 9.95. The van der Waals surface area contributed by atoms with Gasteiger partial charge in [0.1, 0.15) is 11.4 Å². The number of alkyl halides is 1. The Morgan fingerprint density at radius 2 is 0.911 bits per heavy atom. The topological polar surface area (TPSA) is 368 Å². The number of esters is 2. The average molecular weight is 1890 g/mol. The van der Waals surface area contributed by atoms with Gasteiger partial charge in [-0.3, -0.25) is 47.9 Å². The van der Waals surface area contributed by atoms with Gasteiger partial charge < -0.3 is 81.5 Å². The summed E-state index contributed by atoms with van der Waals surface area (Å²) >= 11 is 16.6. The molecule has 4 unspecified atom stereocenters. The molecule has 4 atom stereocenters. The van der Waals surface area contributed by atoms with Crippen molar-refractivity contribution in [3.63, 3.8) is 0 Å². The first-order valence-electron chi connectivity index (χ1n) is 34.1. The second-order valence-electron chi connectivity index (χ2n) is 27.0. The number of carbonyl (C=O) groups excluding carboxylic acids is 6. The molecule has 0 aromatic carbocycles. The Kier molecular flexibility index (Phi) is 35.8. The first-order chi connectivity index (χ1) is 51.2. The molecular formula is C78H103Br5N8O21. The summed E-state index contributed by atoms with van der Waals surface area (Å²) in [5, 5.41) is 11.0. The van der Waals surface area contributed by atoms with Crippen LogP contribution in [0.1, 0.15) is 213 Å². The van der Waals surface area contributed by atoms with Crippen LogP contribution in [0, 0.1) is 0 Å². The van der Waals surface area contributed by atoms with Crippen molar-refractivity contribution in [2.75, 3.05) is 89.4 Å². The third kappa shape index (κ3) is 20.2. The molecule has 0 aliphatic carbocycles. The number of carbonyl (C=O) groups is 6. The maximum absolute atomic E-state index is 12.4. The fraction of sp³-hybridized carbons (Fsp3) is 0.487. The van der Waals surface area contributed by atoms with E-state index in [-0.39, 0.29) is 140 Å². The molecular weight excluding hydrogens is 1780 g/mol. The first-order valence-corrected chi connectivity index (χ1v) is 38.4. The van der Waals surface area contributed by atoms with E-state index in [2.05, 4.69) is 131 Å². The maximum atomic E-state index is 12.4. The molecule has 0 spiro atoms. The van der Waals surface area contributed by atoms with Crippen molar-refractivity contribution in [2.45, 2.75) is 164 Å². The van der Waals surface area contributed by atoms with Crippen LogP contribution in [0.5, 0.6) is 34.5 Å². The van der Waals surface area contributed by atoms with E-state index in [1.54, 1.807) is 42.3 Å². The molecule has 11 heterocycles. The van der Waals surface area contributed by atoms with E-state index in [4.69, 9.17) is 28.4 Å². The largest absolute Gasteiger partial charge is 0.491 e. The summed E-state index contributed by atoms with van der Waals surface area (Å²) in [6.45, 7) is 22.3. The van der Waals surface area contributed by atoms with Crippen LogP contribution in [0.25, 0.3) is 0 Å². The van der Waals surface area contributed by atoms with Crippen LogP contribution in [0.3, 0.4) is 0 Å². The number of aromatic nitrogens is 6. The van der Waals surface area contributed by atoms with Gasteiger partial charge in [0, 0.05) is 92.8 Å². The molecule has 29 nitrogen and oxygen atoms in total. The van der Waals surface area contributed by atoms with Gasteiger partial charge in [0.25, 0.3) is 11.8 Å². The number of Topliss-reactive ketones (excluding diaryl/α,β-unsaturated/α-hetero) is 2. The number of rotatable bonds is 19. The molecule has 0 fully saturated rings. The number of nitrogens with one attached hydrogen (secondary N) is 3. The summed E-state index contributed by atoms with van der Waals surface area (Å²) in [6.07, 6.45) is 6.52. The van der Waals surface area contributed by atoms with E-state index in [0.717, 1.165) is 72.1 Å². The highest BCUT2D eigenvalue weighted by Gasteiger charge is 2.50. The zero-order valence-corrected chi connectivity index (χ0v) is 71.8. The number of aliphatic hydroxyl groups is 1. The van der Waals surface area contributed by atoms with Crippen molar-refractivity contribution in [3.05, 3.63) is 184 Å². The minimum absolute atomic E-state index is 0. The maximum Gasteiger partial charge on any atom is 0.358 e. The van der Waals surface area contributed by atoms with Gasteiger partial charge in [-0.25, -0.2) is 9.59 Å². The third-order valence-corrected chi connectivity index (χ3v) is 22.9. The molecule has 0 saturated heterocycles. The number of fused-ring (bicyclic) bond motifs is 1. The molecule has 6 aromatic rings. The normalized spacial score (nSPS) is 17.3. The SMILES string of the molecule is C.C.C.C=C(C)CCc1cc(=O)c(OC)c(C(=O)CC)[nH]1.C=C(C)CCc1cc(=O)c(OC)c(C(=O)OC)[nH]1.CCC(=O)c1c(OC)c(=O)c(Br)c2n1C(C)(CBr)CC2.COC(=O)c1[nH]c(Br)cc(=O)c1OC.COc1c2n3c(c(Br)c1=O)C(O)CC3(C)CN(C)C2=O.COc1c2n3c(c(Br)c1=O)CCC3(C)CN(C)C2=O. The number of hydrogen-bond acceptors (Lipinski definition) is 21. The van der Waals surface area contributed by atoms with E-state index in [0.29, 0.717) is 81.5 Å². The minimum Gasteiger partial charge on any atom is -0.491 e. The molecule has 616 valence electrons. The number of pyridine rings is 6. The Morgan fingerprint density at radius 3 is 1.34 bits per heavy atom. The molecule has 5 aliphatic rings. The molecule has 6 aromatic heterocycles. The Balaban J connectivity index is 0.000000347. The highest BCUT2D eigenvalue weighted by molar-refractivity contribution is 9.11. The standard InChI is InChI=1S/C14H17Br2NO3.C14H19NO3.C13H15BrN2O4.C13H15BrN2O3.C13H17NO4.C8H8BrNO4.3CH4/c1-4-9(18)11-13(20-3)12(19)10(16)8-5-6-14(2,7-15)17(8)11;1-5-11(16)13-14(18-4)12(17)8-10(15-13)7-6-9(2)3;1-13-4-6(17)8-7(14)10(18)11(20-3)9(16(8)13)12(19)15(2)5-13;1-13-5-4-7-8(14)10(17)11(19-3)9(16(7)13)12(18)15(2)6-13;1-8(2)5-6-9-7-10(15)12(17-3)11(14-9)13(16)18-4;1-13-7-4(11)3-5(9)10-6(7)8(12)14-2;;;/h4-7H2,1-3H3;8H,2,5-7H2,1,3-4H3,(H,15,17);6,17H,4-5H2,1-3H3;4-6H2,1-3H3;7H,1,5-6H2,2-4H3,(H,14,15);3H,1-2H3,(H,10,11);3*1H4. The Morgan fingerprint density at radius 1 is 0.527 bits per heavy atom. The molecule has 0 saturated carbocycles. The third-order valence-electron chi connectivity index (χ3n) is 18.8. The van der Waals surface area contributed by atoms with E-state index >= 15 is 0 Å². The number of aryl methyl sites for hydroxylation is 2. The number of methoxy groups -OCH3 is 8. The van der Waals surface area contributed by atoms with E-state index in [1.165, 1.54) is 75.1 Å². The van der Waals surface area contributed by atoms with E-state index in [9.17, 15) is 62.6 Å². The van der Waals surface area contributed by atoms with E-state index < -0.39 is 34.4 Å². The Hall–Kier alpha value is -8.44. The zero-order chi connectivity index (χ0) is 82.0. The van der Waals surface area contributed by atoms with Gasteiger partial charge >= 0.3 is 11.9 Å². The van der Waals surface area contributed by atoms with Crippen LogP contribution in [0.4, 0.5) is 0 Å². The number of aliphatic hydroxyl groups excluding tert-OH is 1. The van der Waals surface area contributed by atoms with Crippen LogP contribution >= 0.6 is 79.6 Å². The van der Waals surface area contributed by atoms with Crippen molar-refractivity contribution in [3.8, 4) is 34.5 Å². The highest BCUT2D eigenvalue weighted by atomic mass is 79.9. The second-order valence-corrected chi connectivity index (χ2v) is 30.8. The summed E-state index contributed by atoms with van der Waals surface area (Å²) in [6, 6.07) is 4.17. The predicted molar refractivity (Wildman–Crippen MR) is 447 cm³/mol. The average Bonchev–Trinajstić information content (AvgIpc) is 1.54. The first kappa shape index (κ1) is 97.8. The van der Waals surface area contributed by atoms with E-state index in [1.807, 2.05) is 29.9 Å². The monoisotopic (exact) mass is 1880 g/mol. The summed E-state index contributed by atoms with van der Waals surface area (Å²) < 4.78 is 46.8. The number of amides is 2. The number of halogens is 5. The molecule has 0 radical (unpaired) electrons. The fourth-order valence-corrected chi connectivity index (χ4v) is 16.2. The van der Waals surface area contributed by atoms with Crippen molar-refractivity contribution in [2.24, 2.45) is 0 Å². The van der Waals surface area contributed by atoms with Gasteiger partial charge in [0.05, 0.1) is 103 Å². The number of nitrogens with zero attached hydrogens (tertiary/aromatic N) is 5. The van der Waals surface area contributed by atoms with Crippen LogP contribution in [-0.4, -0.2) is 168 Å². The lowest BCUT2D eigenvalue weighted by molar-refractivity contribution is 0.0580. The Bertz CT molecular complexity index is 4890. The Labute approximate surface area is 692 Å². The van der Waals surface area contributed by atoms with Crippen LogP contribution in [0.2, 0.25) is 0 Å². The van der Waals surface area contributed by atoms with Crippen LogP contribution in [-0.2, 0) is 51.8 Å². The number of allylic oxidation sites excluding steroid dienone is 2. The van der Waals surface area contributed by atoms with Crippen molar-refractivity contribution in [1.29, 1.82) is 0 Å². The van der Waals surface area contributed by atoms with Gasteiger partial charge in [-0.2, -0.15) is 0 Å². The summed E-state index contributed by atoms with van der Waals surface area (Å²) in [7, 11) is 14.2. The summed E-state index contributed by atoms with van der Waals surface area (Å²) in [5.41, 5.74) is 4.33. The van der Waals surface area contributed by atoms with Gasteiger partial charge in [0.15, 0.2) is 68.8 Å². The van der Waals surface area contributed by atoms with Crippen molar-refractivity contribution < 1.29 is 71.8 Å². The fourth-order valence-electron chi connectivity index (χ4n) is 13.5. The molecule has 0 bridgehead atoms. The molecule has 5 aliphatic heterocycles. The van der Waals surface area contributed by atoms with Gasteiger partial charge in [-0.15, -0.1) is 13.2 Å². The summed E-state index contributed by atoms with van der Waals surface area (Å²) in [4.78, 5) is 155. The zero-order valence-electron chi connectivity index (χ0n) is 63.9. The van der Waals surface area contributed by atoms with Gasteiger partial charge in [-0.05, 0) is 150 Å². The van der Waals surface area contributed by atoms with Crippen molar-refractivity contribution in [1.82, 2.24) is 38.5 Å². The van der Waals surface area contributed by atoms with Crippen molar-refractivity contribution >= 4 is 115 Å². The number of likely N-dealkylation sites (N-methyl/N-ethyl adjacent to an activating group) is 2. The molecule has 34 heteroatoms. The number of H-pyrrole nitrogens is 3. The minimum atomic E-state index is -0.772. The molecule has 2 amide bonds. The second kappa shape index (κ2) is 41.0. The molecule has 11 rings (SSSR count). The van der Waals surface area contributed by atoms with Gasteiger partial charge in [0.2, 0.25) is 32.6 Å². The lowest BCUT2D eigenvalue weighted by Gasteiger charge is -2.40. The van der Waals surface area contributed by atoms with Gasteiger partial charge in [-0.1, -0.05) is 63.2 Å². The molecule has 112 heavy (non-hydrogen) atoms. The highest BCUT2D eigenvalue weighted by Crippen LogP contribution is 2.47. The number of ketones is 2. The lowest BCUT2D eigenvalue weighted by Crippen LogP contribution is -2.50. The quantitative estimate of drug-likeness (QED) is 0.0192.